The van der Waals surface area contributed by atoms with Crippen LogP contribution in [-0.2, 0) is 11.4 Å². The molecule has 0 fully saturated rings. The molecule has 0 aliphatic rings. The summed E-state index contributed by atoms with van der Waals surface area (Å²) in [6.45, 7) is 0.0869. The first-order valence-corrected chi connectivity index (χ1v) is 6.37. The van der Waals surface area contributed by atoms with Crippen LogP contribution in [0, 0.1) is 20.2 Å². The summed E-state index contributed by atoms with van der Waals surface area (Å²) >= 11 is 0. The van der Waals surface area contributed by atoms with Crippen molar-refractivity contribution in [3.8, 4) is 0 Å². The number of amides is 1. The molecule has 9 heteroatoms. The zero-order valence-electron chi connectivity index (χ0n) is 11.7. The Hall–Kier alpha value is -3.33. The van der Waals surface area contributed by atoms with E-state index in [1.165, 1.54) is 0 Å². The highest BCUT2D eigenvalue weighted by molar-refractivity contribution is 5.94. The van der Waals surface area contributed by atoms with Crippen molar-refractivity contribution in [2.24, 2.45) is 0 Å². The van der Waals surface area contributed by atoms with Crippen molar-refractivity contribution in [3.05, 3.63) is 79.9 Å². The van der Waals surface area contributed by atoms with E-state index in [0.29, 0.717) is 0 Å². The van der Waals surface area contributed by atoms with Gasteiger partial charge in [-0.05, 0) is 5.56 Å². The zero-order chi connectivity index (χ0) is 16.8. The predicted molar refractivity (Wildman–Crippen MR) is 78.4 cm³/mol. The Labute approximate surface area is 129 Å². The summed E-state index contributed by atoms with van der Waals surface area (Å²) in [7, 11) is 0. The lowest BCUT2D eigenvalue weighted by Crippen LogP contribution is -2.23. The van der Waals surface area contributed by atoms with Crippen LogP contribution in [0.25, 0.3) is 0 Å². The molecule has 9 nitrogen and oxygen atoms in total. The molecule has 0 radical (unpaired) electrons. The van der Waals surface area contributed by atoms with Gasteiger partial charge in [-0.2, -0.15) is 0 Å². The van der Waals surface area contributed by atoms with Gasteiger partial charge in [0.1, 0.15) is 0 Å². The average Bonchev–Trinajstić information content (AvgIpc) is 2.55. The maximum absolute atomic E-state index is 11.9. The Morgan fingerprint density at radius 1 is 1.00 bits per heavy atom. The molecular formula is C14H11N3O6. The number of hydrogen-bond donors (Lipinski definition) is 1. The van der Waals surface area contributed by atoms with E-state index in [1.54, 1.807) is 24.3 Å². The van der Waals surface area contributed by atoms with Gasteiger partial charge in [0.2, 0.25) is 0 Å². The van der Waals surface area contributed by atoms with Crippen molar-refractivity contribution < 1.29 is 19.5 Å². The smallest absolute Gasteiger partial charge is 0.269 e. The minimum absolute atomic E-state index is 0.0869. The van der Waals surface area contributed by atoms with Gasteiger partial charge in [-0.25, -0.2) is 5.48 Å². The second kappa shape index (κ2) is 7.09. The van der Waals surface area contributed by atoms with E-state index in [1.807, 2.05) is 6.07 Å². The predicted octanol–water partition coefficient (Wildman–Crippen LogP) is 2.36. The largest absolute Gasteiger partial charge is 0.277 e. The van der Waals surface area contributed by atoms with Crippen LogP contribution in [0.3, 0.4) is 0 Å². The number of nitro benzene ring substituents is 2. The van der Waals surface area contributed by atoms with Crippen LogP contribution < -0.4 is 5.48 Å². The van der Waals surface area contributed by atoms with Crippen LogP contribution in [0.15, 0.2) is 48.5 Å². The third kappa shape index (κ3) is 4.32. The summed E-state index contributed by atoms with van der Waals surface area (Å²) in [5.41, 5.74) is 1.56. The first-order valence-electron chi connectivity index (χ1n) is 6.37. The lowest BCUT2D eigenvalue weighted by Gasteiger charge is -2.06. The molecule has 2 aromatic rings. The monoisotopic (exact) mass is 317 g/mol. The van der Waals surface area contributed by atoms with E-state index in [2.05, 4.69) is 5.48 Å². The average molecular weight is 317 g/mol. The first kappa shape index (κ1) is 16.0. The maximum atomic E-state index is 11.9. The highest BCUT2D eigenvalue weighted by Crippen LogP contribution is 2.22. The molecule has 0 spiro atoms. The number of non-ortho nitro benzene ring substituents is 2. The van der Waals surface area contributed by atoms with Gasteiger partial charge in [0, 0.05) is 12.1 Å². The fourth-order valence-corrected chi connectivity index (χ4v) is 1.76. The molecule has 0 aliphatic heterocycles. The number of hydroxylamine groups is 1. The van der Waals surface area contributed by atoms with Crippen LogP contribution >= 0.6 is 0 Å². The molecule has 0 heterocycles. The molecule has 118 valence electrons. The van der Waals surface area contributed by atoms with Crippen molar-refractivity contribution in [3.63, 3.8) is 0 Å². The van der Waals surface area contributed by atoms with Gasteiger partial charge in [0.25, 0.3) is 17.3 Å². The quantitative estimate of drug-likeness (QED) is 0.644. The molecule has 0 atom stereocenters. The van der Waals surface area contributed by atoms with Crippen LogP contribution in [0.1, 0.15) is 15.9 Å². The Kier molecular flexibility index (Phi) is 4.95. The highest BCUT2D eigenvalue weighted by atomic mass is 16.7. The summed E-state index contributed by atoms with van der Waals surface area (Å²) in [6, 6.07) is 11.6. The molecular weight excluding hydrogens is 306 g/mol. The van der Waals surface area contributed by atoms with Crippen LogP contribution in [0.2, 0.25) is 0 Å². The second-order valence-corrected chi connectivity index (χ2v) is 4.46. The third-order valence-electron chi connectivity index (χ3n) is 2.83. The third-order valence-corrected chi connectivity index (χ3v) is 2.83. The number of benzene rings is 2. The summed E-state index contributed by atoms with van der Waals surface area (Å²) < 4.78 is 0. The number of nitro groups is 2. The highest BCUT2D eigenvalue weighted by Gasteiger charge is 2.19. The van der Waals surface area contributed by atoms with Crippen LogP contribution in [0.4, 0.5) is 11.4 Å². The Morgan fingerprint density at radius 3 is 2.09 bits per heavy atom. The van der Waals surface area contributed by atoms with Crippen molar-refractivity contribution >= 4 is 17.3 Å². The fraction of sp³-hybridized carbons (Fsp3) is 0.0714. The van der Waals surface area contributed by atoms with E-state index >= 15 is 0 Å². The molecule has 2 rings (SSSR count). The van der Waals surface area contributed by atoms with E-state index in [9.17, 15) is 25.0 Å². The van der Waals surface area contributed by atoms with E-state index in [4.69, 9.17) is 4.84 Å². The molecule has 0 saturated carbocycles. The number of nitrogens with one attached hydrogen (secondary N) is 1. The normalized spacial score (nSPS) is 10.1. The van der Waals surface area contributed by atoms with Gasteiger partial charge < -0.3 is 0 Å². The van der Waals surface area contributed by atoms with E-state index in [-0.39, 0.29) is 12.2 Å². The van der Waals surface area contributed by atoms with Crippen LogP contribution in [0.5, 0.6) is 0 Å². The van der Waals surface area contributed by atoms with Gasteiger partial charge >= 0.3 is 0 Å². The Balaban J connectivity index is 2.09. The molecule has 0 aliphatic carbocycles. The fourth-order valence-electron chi connectivity index (χ4n) is 1.76. The molecule has 0 unspecified atom stereocenters. The lowest BCUT2D eigenvalue weighted by atomic mass is 10.1. The molecule has 2 aromatic carbocycles. The van der Waals surface area contributed by atoms with E-state index < -0.39 is 27.1 Å². The maximum Gasteiger partial charge on any atom is 0.277 e. The van der Waals surface area contributed by atoms with Crippen molar-refractivity contribution in [1.82, 2.24) is 5.48 Å². The molecule has 1 N–H and O–H groups in total. The molecule has 0 bridgehead atoms. The summed E-state index contributed by atoms with van der Waals surface area (Å²) in [6.07, 6.45) is 0. The summed E-state index contributed by atoms with van der Waals surface area (Å²) in [5.74, 6) is -0.812. The van der Waals surface area contributed by atoms with Crippen molar-refractivity contribution in [1.29, 1.82) is 0 Å². The number of carbonyl (C=O) groups is 1. The van der Waals surface area contributed by atoms with E-state index in [0.717, 1.165) is 23.8 Å². The number of nitrogens with zero attached hydrogens (tertiary/aromatic N) is 2. The van der Waals surface area contributed by atoms with Gasteiger partial charge in [-0.15, -0.1) is 0 Å². The number of hydrogen-bond acceptors (Lipinski definition) is 6. The number of carbonyl (C=O) groups excluding carboxylic acids is 1. The van der Waals surface area contributed by atoms with Gasteiger partial charge in [-0.1, -0.05) is 30.3 Å². The summed E-state index contributed by atoms with van der Waals surface area (Å²) in [5, 5.41) is 21.5. The topological polar surface area (TPSA) is 125 Å². The first-order chi connectivity index (χ1) is 11.0. The molecule has 0 saturated heterocycles. The molecule has 1 amide bonds. The van der Waals surface area contributed by atoms with Gasteiger partial charge in [-0.3, -0.25) is 29.9 Å². The molecule has 0 aromatic heterocycles. The van der Waals surface area contributed by atoms with Gasteiger partial charge in [0.05, 0.1) is 28.1 Å². The second-order valence-electron chi connectivity index (χ2n) is 4.46. The van der Waals surface area contributed by atoms with Crippen LogP contribution in [-0.4, -0.2) is 15.8 Å². The summed E-state index contributed by atoms with van der Waals surface area (Å²) in [4.78, 5) is 36.8. The lowest BCUT2D eigenvalue weighted by molar-refractivity contribution is -0.394. The Morgan fingerprint density at radius 2 is 1.57 bits per heavy atom. The number of rotatable bonds is 6. The van der Waals surface area contributed by atoms with Gasteiger partial charge in [0.15, 0.2) is 0 Å². The SMILES string of the molecule is O=C(NOCc1ccccc1)c1cc([N+](=O)[O-])cc([N+](=O)[O-])c1. The molecule has 23 heavy (non-hydrogen) atoms. The minimum atomic E-state index is -0.812. The van der Waals surface area contributed by atoms with Crippen molar-refractivity contribution in [2.75, 3.05) is 0 Å². The standard InChI is InChI=1S/C14H11N3O6/c18-14(15-23-9-10-4-2-1-3-5-10)11-6-12(16(19)20)8-13(7-11)17(21)22/h1-8H,9H2,(H,15,18). The minimum Gasteiger partial charge on any atom is -0.269 e. The van der Waals surface area contributed by atoms with Crippen molar-refractivity contribution in [2.45, 2.75) is 6.61 Å². The zero-order valence-corrected chi connectivity index (χ0v) is 11.7. The Bertz CT molecular complexity index is 715.